The van der Waals surface area contributed by atoms with E-state index in [0.29, 0.717) is 6.04 Å². The van der Waals surface area contributed by atoms with Crippen LogP contribution in [0.5, 0.6) is 0 Å². The molecule has 1 fully saturated rings. The zero-order valence-corrected chi connectivity index (χ0v) is 13.7. The Kier molecular flexibility index (Phi) is 6.91. The molecule has 2 nitrogen and oxygen atoms in total. The number of thioether (sulfide) groups is 1. The van der Waals surface area contributed by atoms with E-state index in [9.17, 15) is 0 Å². The van der Waals surface area contributed by atoms with E-state index in [1.807, 2.05) is 11.8 Å². The fourth-order valence-electron chi connectivity index (χ4n) is 2.85. The molecule has 0 saturated carbocycles. The fourth-order valence-corrected chi connectivity index (χ4v) is 3.53. The normalized spacial score (nSPS) is 21.2. The van der Waals surface area contributed by atoms with Crippen LogP contribution in [0.3, 0.4) is 0 Å². The molecule has 0 bridgehead atoms. The van der Waals surface area contributed by atoms with Crippen molar-refractivity contribution < 1.29 is 0 Å². The Morgan fingerprint density at radius 3 is 2.90 bits per heavy atom. The second kappa shape index (κ2) is 8.71. The summed E-state index contributed by atoms with van der Waals surface area (Å²) in [5, 5.41) is 3.74. The van der Waals surface area contributed by atoms with Crippen LogP contribution in [0.25, 0.3) is 0 Å². The highest BCUT2D eigenvalue weighted by Gasteiger charge is 2.21. The summed E-state index contributed by atoms with van der Waals surface area (Å²) < 4.78 is 0. The van der Waals surface area contributed by atoms with Gasteiger partial charge in [0.25, 0.3) is 0 Å². The minimum Gasteiger partial charge on any atom is -0.312 e. The second-order valence-corrected chi connectivity index (χ2v) is 6.90. The molecule has 0 spiro atoms. The van der Waals surface area contributed by atoms with Crippen LogP contribution >= 0.6 is 11.8 Å². The van der Waals surface area contributed by atoms with Crippen LogP contribution in [0, 0.1) is 5.92 Å². The van der Waals surface area contributed by atoms with E-state index < -0.39 is 0 Å². The Morgan fingerprint density at radius 1 is 1.35 bits per heavy atom. The first-order valence-electron chi connectivity index (χ1n) is 7.76. The minimum atomic E-state index is 0.704. The highest BCUT2D eigenvalue weighted by Crippen LogP contribution is 2.12. The first kappa shape index (κ1) is 15.9. The van der Waals surface area contributed by atoms with Crippen molar-refractivity contribution in [1.82, 2.24) is 10.2 Å². The van der Waals surface area contributed by atoms with Gasteiger partial charge in [-0.3, -0.25) is 0 Å². The summed E-state index contributed by atoms with van der Waals surface area (Å²) in [6, 6.07) is 11.5. The lowest BCUT2D eigenvalue weighted by Gasteiger charge is -2.18. The highest BCUT2D eigenvalue weighted by atomic mass is 32.2. The summed E-state index contributed by atoms with van der Waals surface area (Å²) in [7, 11) is 0. The molecule has 1 aliphatic rings. The van der Waals surface area contributed by atoms with Crippen LogP contribution in [0.15, 0.2) is 30.3 Å². The average Bonchev–Trinajstić information content (AvgIpc) is 2.92. The second-order valence-electron chi connectivity index (χ2n) is 5.99. The molecular formula is C17H28N2S. The molecule has 1 aromatic rings. The zero-order chi connectivity index (χ0) is 14.2. The smallest absolute Gasteiger partial charge is 0.0207 e. The molecule has 1 saturated heterocycles. The number of nitrogens with zero attached hydrogens (tertiary/aromatic N) is 1. The molecule has 1 N–H and O–H groups in total. The molecule has 3 heteroatoms. The molecule has 2 rings (SSSR count). The molecule has 2 unspecified atom stereocenters. The lowest BCUT2D eigenvalue weighted by Crippen LogP contribution is -2.36. The van der Waals surface area contributed by atoms with Gasteiger partial charge < -0.3 is 10.2 Å². The van der Waals surface area contributed by atoms with Crippen molar-refractivity contribution in [1.29, 1.82) is 0 Å². The Balaban J connectivity index is 1.62. The molecule has 0 aliphatic carbocycles. The van der Waals surface area contributed by atoms with Gasteiger partial charge in [0.2, 0.25) is 0 Å². The van der Waals surface area contributed by atoms with Gasteiger partial charge in [-0.05, 0) is 49.4 Å². The lowest BCUT2D eigenvalue weighted by atomic mass is 10.1. The van der Waals surface area contributed by atoms with Crippen LogP contribution in [-0.2, 0) is 6.42 Å². The van der Waals surface area contributed by atoms with Crippen molar-refractivity contribution in [3.8, 4) is 0 Å². The molecule has 20 heavy (non-hydrogen) atoms. The van der Waals surface area contributed by atoms with E-state index in [1.54, 1.807) is 0 Å². The van der Waals surface area contributed by atoms with Crippen molar-refractivity contribution >= 4 is 11.8 Å². The molecule has 0 aromatic heterocycles. The Morgan fingerprint density at radius 2 is 2.15 bits per heavy atom. The van der Waals surface area contributed by atoms with Gasteiger partial charge in [-0.25, -0.2) is 0 Å². The molecule has 0 amide bonds. The molecule has 1 aromatic carbocycles. The van der Waals surface area contributed by atoms with Crippen LogP contribution in [0.4, 0.5) is 0 Å². The maximum Gasteiger partial charge on any atom is 0.0207 e. The van der Waals surface area contributed by atoms with Crippen molar-refractivity contribution in [2.45, 2.75) is 25.8 Å². The van der Waals surface area contributed by atoms with Crippen LogP contribution in [0.2, 0.25) is 0 Å². The summed E-state index contributed by atoms with van der Waals surface area (Å²) in [5.74, 6) is 2.04. The Bertz CT molecular complexity index is 369. The SMILES string of the molecule is CSCC(C)CNC1CCN(CCc2ccccc2)C1. The number of rotatable bonds is 8. The average molecular weight is 292 g/mol. The van der Waals surface area contributed by atoms with Gasteiger partial charge in [-0.1, -0.05) is 37.3 Å². The summed E-state index contributed by atoms with van der Waals surface area (Å²) >= 11 is 1.95. The van der Waals surface area contributed by atoms with Crippen LogP contribution in [-0.4, -0.2) is 49.1 Å². The van der Waals surface area contributed by atoms with Crippen molar-refractivity contribution in [2.75, 3.05) is 38.2 Å². The van der Waals surface area contributed by atoms with Gasteiger partial charge in [0, 0.05) is 19.1 Å². The molecule has 112 valence electrons. The number of likely N-dealkylation sites (tertiary alicyclic amines) is 1. The topological polar surface area (TPSA) is 15.3 Å². The third kappa shape index (κ3) is 5.47. The van der Waals surface area contributed by atoms with Gasteiger partial charge in [-0.15, -0.1) is 0 Å². The zero-order valence-electron chi connectivity index (χ0n) is 12.8. The fraction of sp³-hybridized carbons (Fsp3) is 0.647. The van der Waals surface area contributed by atoms with E-state index in [2.05, 4.69) is 53.7 Å². The van der Waals surface area contributed by atoms with E-state index >= 15 is 0 Å². The number of hydrogen-bond donors (Lipinski definition) is 1. The molecule has 1 aliphatic heterocycles. The number of hydrogen-bond acceptors (Lipinski definition) is 3. The molecule has 2 atom stereocenters. The van der Waals surface area contributed by atoms with Gasteiger partial charge in [0.15, 0.2) is 0 Å². The summed E-state index contributed by atoms with van der Waals surface area (Å²) in [6.45, 7) is 7.17. The highest BCUT2D eigenvalue weighted by molar-refractivity contribution is 7.98. The third-order valence-corrected chi connectivity index (χ3v) is 4.94. The van der Waals surface area contributed by atoms with E-state index in [0.717, 1.165) is 12.5 Å². The van der Waals surface area contributed by atoms with Crippen molar-refractivity contribution in [3.05, 3.63) is 35.9 Å². The largest absolute Gasteiger partial charge is 0.312 e. The number of nitrogens with one attached hydrogen (secondary N) is 1. The summed E-state index contributed by atoms with van der Waals surface area (Å²) in [5.41, 5.74) is 1.46. The quantitative estimate of drug-likeness (QED) is 0.793. The Labute approximate surface area is 128 Å². The predicted molar refractivity (Wildman–Crippen MR) is 90.5 cm³/mol. The van der Waals surface area contributed by atoms with Gasteiger partial charge in [0.1, 0.15) is 0 Å². The standard InChI is InChI=1S/C17H28N2S/c1-15(14-20-2)12-18-17-9-11-19(13-17)10-8-16-6-4-3-5-7-16/h3-7,15,17-18H,8-14H2,1-2H3. The maximum absolute atomic E-state index is 3.74. The van der Waals surface area contributed by atoms with E-state index in [4.69, 9.17) is 0 Å². The Hall–Kier alpha value is -0.510. The first-order chi connectivity index (χ1) is 9.78. The molecule has 1 heterocycles. The molecule has 0 radical (unpaired) electrons. The summed E-state index contributed by atoms with van der Waals surface area (Å²) in [4.78, 5) is 2.60. The monoisotopic (exact) mass is 292 g/mol. The van der Waals surface area contributed by atoms with Gasteiger partial charge in [-0.2, -0.15) is 11.8 Å². The predicted octanol–water partition coefficient (Wildman–Crippen LogP) is 2.89. The van der Waals surface area contributed by atoms with Crippen molar-refractivity contribution in [3.63, 3.8) is 0 Å². The molecular weight excluding hydrogens is 264 g/mol. The third-order valence-electron chi connectivity index (χ3n) is 4.04. The van der Waals surface area contributed by atoms with Gasteiger partial charge in [0.05, 0.1) is 0 Å². The maximum atomic E-state index is 3.74. The number of benzene rings is 1. The first-order valence-corrected chi connectivity index (χ1v) is 9.16. The van der Waals surface area contributed by atoms with Crippen molar-refractivity contribution in [2.24, 2.45) is 5.92 Å². The van der Waals surface area contributed by atoms with Crippen LogP contribution < -0.4 is 5.32 Å². The lowest BCUT2D eigenvalue weighted by molar-refractivity contribution is 0.329. The van der Waals surface area contributed by atoms with Crippen LogP contribution in [0.1, 0.15) is 18.9 Å². The van der Waals surface area contributed by atoms with Gasteiger partial charge >= 0.3 is 0 Å². The van der Waals surface area contributed by atoms with E-state index in [1.165, 1.54) is 43.8 Å². The van der Waals surface area contributed by atoms with E-state index in [-0.39, 0.29) is 0 Å². The minimum absolute atomic E-state index is 0.704. The summed E-state index contributed by atoms with van der Waals surface area (Å²) in [6.07, 6.45) is 4.68.